The first-order valence-electron chi connectivity index (χ1n) is 6.90. The van der Waals surface area contributed by atoms with Gasteiger partial charge in [0.2, 0.25) is 0 Å². The van der Waals surface area contributed by atoms with Gasteiger partial charge in [-0.3, -0.25) is 0 Å². The van der Waals surface area contributed by atoms with E-state index in [9.17, 15) is 5.11 Å². The predicted octanol–water partition coefficient (Wildman–Crippen LogP) is 1.92. The highest BCUT2D eigenvalue weighted by Crippen LogP contribution is 2.35. The van der Waals surface area contributed by atoms with Crippen LogP contribution in [0.2, 0.25) is 0 Å². The van der Waals surface area contributed by atoms with Crippen LogP contribution in [0.3, 0.4) is 0 Å². The smallest absolute Gasteiger partial charge is 0.125 e. The monoisotopic (exact) mass is 264 g/mol. The van der Waals surface area contributed by atoms with Crippen LogP contribution < -0.4 is 15.4 Å². The van der Waals surface area contributed by atoms with Crippen molar-refractivity contribution < 1.29 is 9.84 Å². The number of benzene rings is 1. The minimum absolute atomic E-state index is 0.0756. The normalized spacial score (nSPS) is 25.2. The van der Waals surface area contributed by atoms with Gasteiger partial charge in [-0.05, 0) is 31.4 Å². The Bertz CT molecular complexity index is 434. The number of nitrogens with two attached hydrogens (primary N) is 1. The Morgan fingerprint density at radius 3 is 2.79 bits per heavy atom. The third kappa shape index (κ3) is 2.85. The highest BCUT2D eigenvalue weighted by atomic mass is 16.5. The predicted molar refractivity (Wildman–Crippen MR) is 77.6 cm³/mol. The van der Waals surface area contributed by atoms with E-state index in [1.807, 2.05) is 19.1 Å². The van der Waals surface area contributed by atoms with E-state index in [0.29, 0.717) is 0 Å². The number of aliphatic hydroxyl groups is 1. The van der Waals surface area contributed by atoms with Crippen molar-refractivity contribution >= 4 is 5.69 Å². The number of hydrogen-bond acceptors (Lipinski definition) is 4. The maximum Gasteiger partial charge on any atom is 0.125 e. The quantitative estimate of drug-likeness (QED) is 0.875. The van der Waals surface area contributed by atoms with Crippen LogP contribution >= 0.6 is 0 Å². The molecule has 1 heterocycles. The maximum atomic E-state index is 9.85. The van der Waals surface area contributed by atoms with Crippen LogP contribution in [0.4, 0.5) is 5.69 Å². The van der Waals surface area contributed by atoms with Crippen molar-refractivity contribution in [1.82, 2.24) is 0 Å². The first-order chi connectivity index (χ1) is 9.04. The molecule has 3 N–H and O–H groups in total. The van der Waals surface area contributed by atoms with Crippen LogP contribution in [0.25, 0.3) is 0 Å². The van der Waals surface area contributed by atoms with E-state index >= 15 is 0 Å². The minimum Gasteiger partial charge on any atom is -0.496 e. The summed E-state index contributed by atoms with van der Waals surface area (Å²) in [5.74, 6) is 1.12. The molecular formula is C15H24N2O2. The summed E-state index contributed by atoms with van der Waals surface area (Å²) in [6, 6.07) is 5.96. The summed E-state index contributed by atoms with van der Waals surface area (Å²) < 4.78 is 5.43. The van der Waals surface area contributed by atoms with E-state index in [1.165, 1.54) is 0 Å². The van der Waals surface area contributed by atoms with Crippen molar-refractivity contribution in [2.45, 2.75) is 32.4 Å². The molecule has 106 valence electrons. The molecule has 0 aliphatic carbocycles. The molecule has 4 heteroatoms. The number of aliphatic hydroxyl groups excluding tert-OH is 1. The third-order valence-electron chi connectivity index (χ3n) is 3.92. The highest BCUT2D eigenvalue weighted by molar-refractivity contribution is 5.61. The number of rotatable bonds is 3. The fraction of sp³-hybridized carbons (Fsp3) is 0.600. The van der Waals surface area contributed by atoms with Crippen LogP contribution in [0.5, 0.6) is 5.75 Å². The average molecular weight is 264 g/mol. The van der Waals surface area contributed by atoms with Crippen LogP contribution in [-0.2, 0) is 0 Å². The van der Waals surface area contributed by atoms with Crippen molar-refractivity contribution in [3.63, 3.8) is 0 Å². The molecule has 2 rings (SSSR count). The van der Waals surface area contributed by atoms with Crippen molar-refractivity contribution in [1.29, 1.82) is 0 Å². The zero-order chi connectivity index (χ0) is 14.0. The standard InChI is InChI=1S/C15H24N2O2/c1-10-9-17(8-7-13(10)18)12-5-4-6-14(19-3)15(12)11(2)16/h4-6,10-11,13,18H,7-9,16H2,1-3H3. The summed E-state index contributed by atoms with van der Waals surface area (Å²) in [7, 11) is 1.67. The van der Waals surface area contributed by atoms with E-state index in [0.717, 1.165) is 36.5 Å². The molecule has 0 spiro atoms. The topological polar surface area (TPSA) is 58.7 Å². The SMILES string of the molecule is COc1cccc(N2CCC(O)C(C)C2)c1C(C)N. The summed E-state index contributed by atoms with van der Waals surface area (Å²) in [6.45, 7) is 5.78. The van der Waals surface area contributed by atoms with Gasteiger partial charge in [0.1, 0.15) is 5.75 Å². The molecule has 19 heavy (non-hydrogen) atoms. The second kappa shape index (κ2) is 5.80. The number of nitrogens with zero attached hydrogens (tertiary/aromatic N) is 1. The zero-order valence-electron chi connectivity index (χ0n) is 12.0. The molecule has 3 unspecified atom stereocenters. The van der Waals surface area contributed by atoms with Gasteiger partial charge in [-0.25, -0.2) is 0 Å². The van der Waals surface area contributed by atoms with E-state index < -0.39 is 0 Å². The molecule has 0 bridgehead atoms. The Morgan fingerprint density at radius 1 is 1.47 bits per heavy atom. The minimum atomic E-state index is -0.194. The summed E-state index contributed by atoms with van der Waals surface area (Å²) in [6.07, 6.45) is 0.608. The first-order valence-corrected chi connectivity index (χ1v) is 6.90. The fourth-order valence-corrected chi connectivity index (χ4v) is 2.80. The van der Waals surface area contributed by atoms with Gasteiger partial charge < -0.3 is 20.5 Å². The zero-order valence-corrected chi connectivity index (χ0v) is 12.0. The summed E-state index contributed by atoms with van der Waals surface area (Å²) in [5.41, 5.74) is 8.29. The largest absolute Gasteiger partial charge is 0.496 e. The molecule has 1 aliphatic rings. The van der Waals surface area contributed by atoms with E-state index in [-0.39, 0.29) is 18.1 Å². The Kier molecular flexibility index (Phi) is 4.32. The van der Waals surface area contributed by atoms with Gasteiger partial charge >= 0.3 is 0 Å². The van der Waals surface area contributed by atoms with Crippen molar-refractivity contribution in [3.8, 4) is 5.75 Å². The lowest BCUT2D eigenvalue weighted by Crippen LogP contribution is -2.42. The molecule has 0 amide bonds. The fourth-order valence-electron chi connectivity index (χ4n) is 2.80. The van der Waals surface area contributed by atoms with Crippen LogP contribution in [0.1, 0.15) is 31.9 Å². The van der Waals surface area contributed by atoms with Crippen molar-refractivity contribution in [3.05, 3.63) is 23.8 Å². The molecule has 1 fully saturated rings. The maximum absolute atomic E-state index is 9.85. The van der Waals surface area contributed by atoms with Crippen LogP contribution in [-0.4, -0.2) is 31.4 Å². The molecule has 1 saturated heterocycles. The van der Waals surface area contributed by atoms with Gasteiger partial charge in [-0.2, -0.15) is 0 Å². The van der Waals surface area contributed by atoms with E-state index in [2.05, 4.69) is 17.9 Å². The molecule has 4 nitrogen and oxygen atoms in total. The van der Waals surface area contributed by atoms with Crippen molar-refractivity contribution in [2.24, 2.45) is 11.7 Å². The van der Waals surface area contributed by atoms with Gasteiger partial charge in [0, 0.05) is 30.4 Å². The van der Waals surface area contributed by atoms with Gasteiger partial charge in [-0.15, -0.1) is 0 Å². The lowest BCUT2D eigenvalue weighted by Gasteiger charge is -2.37. The van der Waals surface area contributed by atoms with Gasteiger partial charge in [0.05, 0.1) is 13.2 Å². The van der Waals surface area contributed by atoms with E-state index in [1.54, 1.807) is 7.11 Å². The Hall–Kier alpha value is -1.26. The molecule has 3 atom stereocenters. The number of ether oxygens (including phenoxy) is 1. The number of piperidine rings is 1. The third-order valence-corrected chi connectivity index (χ3v) is 3.92. The molecule has 0 aromatic heterocycles. The summed E-state index contributed by atoms with van der Waals surface area (Å²) in [4.78, 5) is 2.30. The summed E-state index contributed by atoms with van der Waals surface area (Å²) >= 11 is 0. The van der Waals surface area contributed by atoms with Gasteiger partial charge in [-0.1, -0.05) is 13.0 Å². The molecular weight excluding hydrogens is 240 g/mol. The summed E-state index contributed by atoms with van der Waals surface area (Å²) in [5, 5.41) is 9.85. The van der Waals surface area contributed by atoms with Gasteiger partial charge in [0.15, 0.2) is 0 Å². The number of methoxy groups -OCH3 is 1. The second-order valence-corrected chi connectivity index (χ2v) is 5.46. The molecule has 1 aliphatic heterocycles. The lowest BCUT2D eigenvalue weighted by molar-refractivity contribution is 0.0970. The average Bonchev–Trinajstić information content (AvgIpc) is 2.40. The molecule has 1 aromatic carbocycles. The number of hydrogen-bond donors (Lipinski definition) is 2. The van der Waals surface area contributed by atoms with Gasteiger partial charge in [0.25, 0.3) is 0 Å². The Morgan fingerprint density at radius 2 is 2.21 bits per heavy atom. The van der Waals surface area contributed by atoms with Crippen molar-refractivity contribution in [2.75, 3.05) is 25.1 Å². The van der Waals surface area contributed by atoms with Crippen LogP contribution in [0.15, 0.2) is 18.2 Å². The number of anilines is 1. The Balaban J connectivity index is 2.34. The first kappa shape index (κ1) is 14.2. The highest BCUT2D eigenvalue weighted by Gasteiger charge is 2.27. The lowest BCUT2D eigenvalue weighted by atomic mass is 9.94. The molecule has 0 saturated carbocycles. The molecule has 1 aromatic rings. The Labute approximate surface area is 115 Å². The van der Waals surface area contributed by atoms with Crippen LogP contribution in [0, 0.1) is 5.92 Å². The second-order valence-electron chi connectivity index (χ2n) is 5.46. The van der Waals surface area contributed by atoms with E-state index in [4.69, 9.17) is 10.5 Å². The molecule has 0 radical (unpaired) electrons.